The number of amides is 1. The Morgan fingerprint density at radius 2 is 1.93 bits per heavy atom. The van der Waals surface area contributed by atoms with Crippen LogP contribution in [0.3, 0.4) is 0 Å². The second-order valence-electron chi connectivity index (χ2n) is 7.43. The monoisotopic (exact) mass is 406 g/mol. The van der Waals surface area contributed by atoms with Gasteiger partial charge in [0, 0.05) is 19.2 Å². The Morgan fingerprint density at radius 3 is 2.70 bits per heavy atom. The van der Waals surface area contributed by atoms with Gasteiger partial charge in [0.1, 0.15) is 6.61 Å². The summed E-state index contributed by atoms with van der Waals surface area (Å²) in [5.41, 5.74) is 5.32. The number of fused-ring (bicyclic) bond motifs is 1. The average Bonchev–Trinajstić information content (AvgIpc) is 3.42. The molecule has 3 aromatic rings. The van der Waals surface area contributed by atoms with Crippen LogP contribution in [0.1, 0.15) is 24.0 Å². The lowest BCUT2D eigenvalue weighted by atomic mass is 10.2. The van der Waals surface area contributed by atoms with E-state index in [0.717, 1.165) is 48.3 Å². The average molecular weight is 406 g/mol. The summed E-state index contributed by atoms with van der Waals surface area (Å²) in [5, 5.41) is 8.64. The quantitative estimate of drug-likeness (QED) is 0.341. The summed E-state index contributed by atoms with van der Waals surface area (Å²) in [4.78, 5) is 18.4. The highest BCUT2D eigenvalue weighted by Gasteiger charge is 2.16. The van der Waals surface area contributed by atoms with Gasteiger partial charge >= 0.3 is 0 Å². The molecule has 0 aliphatic carbocycles. The molecule has 0 atom stereocenters. The molecule has 156 valence electrons. The van der Waals surface area contributed by atoms with Crippen LogP contribution in [0.25, 0.3) is 17.1 Å². The zero-order valence-electron chi connectivity index (χ0n) is 16.8. The molecule has 2 aromatic carbocycles. The first kappa shape index (κ1) is 20.1. The van der Waals surface area contributed by atoms with Crippen molar-refractivity contribution in [1.29, 1.82) is 0 Å². The Kier molecular flexibility index (Phi) is 6.41. The number of rotatable bonds is 8. The van der Waals surface area contributed by atoms with Crippen LogP contribution in [0.2, 0.25) is 0 Å². The van der Waals surface area contributed by atoms with E-state index in [0.29, 0.717) is 12.6 Å². The van der Waals surface area contributed by atoms with E-state index in [4.69, 9.17) is 14.9 Å². The lowest BCUT2D eigenvalue weighted by Gasteiger charge is -2.16. The molecule has 1 fully saturated rings. The second-order valence-corrected chi connectivity index (χ2v) is 7.43. The van der Waals surface area contributed by atoms with Gasteiger partial charge in [0.25, 0.3) is 11.9 Å². The van der Waals surface area contributed by atoms with Crippen molar-refractivity contribution < 1.29 is 14.7 Å². The van der Waals surface area contributed by atoms with Gasteiger partial charge in [-0.1, -0.05) is 36.4 Å². The first-order chi connectivity index (χ1) is 14.7. The number of carbonyl (C=O) groups excluding carboxylic acids is 1. The van der Waals surface area contributed by atoms with Crippen LogP contribution in [-0.4, -0.2) is 45.2 Å². The number of hydrogen-bond acceptors (Lipinski definition) is 5. The molecule has 0 spiro atoms. The molecule has 7 nitrogen and oxygen atoms in total. The molecule has 2 heterocycles. The number of imidazole rings is 1. The van der Waals surface area contributed by atoms with Gasteiger partial charge in [-0.2, -0.15) is 4.98 Å². The maximum absolute atomic E-state index is 11.2. The molecule has 2 N–H and O–H groups in total. The molecule has 4 rings (SSSR count). The minimum atomic E-state index is -0.571. The smallest absolute Gasteiger partial charge is 0.297 e. The summed E-state index contributed by atoms with van der Waals surface area (Å²) < 4.78 is 8.23. The van der Waals surface area contributed by atoms with E-state index < -0.39 is 5.91 Å². The Hall–Kier alpha value is -3.16. The van der Waals surface area contributed by atoms with Crippen LogP contribution in [0.15, 0.2) is 54.6 Å². The minimum absolute atomic E-state index is 0.456. The number of aromatic nitrogens is 2. The van der Waals surface area contributed by atoms with Crippen molar-refractivity contribution in [3.8, 4) is 6.01 Å². The van der Waals surface area contributed by atoms with Gasteiger partial charge in [-0.15, -0.1) is 0 Å². The second kappa shape index (κ2) is 9.56. The molecule has 0 radical (unpaired) electrons. The fraction of sp³-hybridized carbons (Fsp3) is 0.304. The molecule has 1 aliphatic rings. The maximum Gasteiger partial charge on any atom is 0.297 e. The molecule has 1 aliphatic heterocycles. The molecule has 30 heavy (non-hydrogen) atoms. The highest BCUT2D eigenvalue weighted by atomic mass is 16.5. The number of hydrogen-bond donors (Lipinski definition) is 2. The van der Waals surface area contributed by atoms with E-state index in [-0.39, 0.29) is 0 Å². The molecule has 0 bridgehead atoms. The largest absolute Gasteiger partial charge is 0.460 e. The first-order valence-corrected chi connectivity index (χ1v) is 10.2. The Morgan fingerprint density at radius 1 is 1.13 bits per heavy atom. The number of likely N-dealkylation sites (tertiary alicyclic amines) is 1. The number of nitrogens with zero attached hydrogens (tertiary/aromatic N) is 3. The summed E-state index contributed by atoms with van der Waals surface area (Å²) in [5.74, 6) is -0.571. The van der Waals surface area contributed by atoms with E-state index >= 15 is 0 Å². The van der Waals surface area contributed by atoms with Gasteiger partial charge in [0.15, 0.2) is 0 Å². The van der Waals surface area contributed by atoms with E-state index in [1.54, 1.807) is 11.6 Å². The summed E-state index contributed by atoms with van der Waals surface area (Å²) in [7, 11) is 0. The minimum Gasteiger partial charge on any atom is -0.460 e. The van der Waals surface area contributed by atoms with Crippen LogP contribution >= 0.6 is 0 Å². The molecule has 7 heteroatoms. The molecule has 1 amide bonds. The zero-order valence-corrected chi connectivity index (χ0v) is 16.8. The van der Waals surface area contributed by atoms with Gasteiger partial charge in [-0.25, -0.2) is 5.48 Å². The van der Waals surface area contributed by atoms with E-state index in [1.807, 2.05) is 48.5 Å². The molecular weight excluding hydrogens is 380 g/mol. The van der Waals surface area contributed by atoms with E-state index in [1.165, 1.54) is 18.9 Å². The van der Waals surface area contributed by atoms with Crippen LogP contribution in [0.4, 0.5) is 0 Å². The number of nitrogens with one attached hydrogen (secondary N) is 1. The van der Waals surface area contributed by atoms with Gasteiger partial charge in [-0.3, -0.25) is 14.6 Å². The third-order valence-corrected chi connectivity index (χ3v) is 5.32. The van der Waals surface area contributed by atoms with E-state index in [2.05, 4.69) is 9.47 Å². The summed E-state index contributed by atoms with van der Waals surface area (Å²) >= 11 is 0. The van der Waals surface area contributed by atoms with Crippen molar-refractivity contribution in [2.24, 2.45) is 0 Å². The first-order valence-electron chi connectivity index (χ1n) is 10.2. The van der Waals surface area contributed by atoms with Gasteiger partial charge in [-0.05, 0) is 55.3 Å². The van der Waals surface area contributed by atoms with Crippen molar-refractivity contribution in [2.75, 3.05) is 19.6 Å². The van der Waals surface area contributed by atoms with Crippen molar-refractivity contribution in [1.82, 2.24) is 19.9 Å². The van der Waals surface area contributed by atoms with Crippen LogP contribution in [-0.2, 0) is 17.9 Å². The molecule has 0 saturated carbocycles. The van der Waals surface area contributed by atoms with Gasteiger partial charge in [0.2, 0.25) is 0 Å². The summed E-state index contributed by atoms with van der Waals surface area (Å²) in [6.45, 7) is 4.52. The fourth-order valence-corrected chi connectivity index (χ4v) is 3.73. The van der Waals surface area contributed by atoms with Crippen LogP contribution in [0.5, 0.6) is 6.01 Å². The van der Waals surface area contributed by atoms with Crippen molar-refractivity contribution in [2.45, 2.75) is 26.0 Å². The standard InChI is InChI=1S/C23H26N4O3/c28-22(25-29)11-9-18-8-10-21-20(16-18)24-23(30-17-19-6-2-1-3-7-19)27(21)15-14-26-12-4-5-13-26/h1-3,6-11,16,29H,4-5,12-15,17H2,(H,25,28). The molecular formula is C23H26N4O3. The topological polar surface area (TPSA) is 79.6 Å². The third kappa shape index (κ3) is 4.87. The SMILES string of the molecule is O=C(C=Cc1ccc2c(c1)nc(OCc1ccccc1)n2CCN1CCCC1)NO. The summed E-state index contributed by atoms with van der Waals surface area (Å²) in [6, 6.07) is 16.5. The summed E-state index contributed by atoms with van der Waals surface area (Å²) in [6.07, 6.45) is 5.44. The molecule has 1 aromatic heterocycles. The van der Waals surface area contributed by atoms with E-state index in [9.17, 15) is 4.79 Å². The van der Waals surface area contributed by atoms with Gasteiger partial charge < -0.3 is 9.64 Å². The lowest BCUT2D eigenvalue weighted by Crippen LogP contribution is -2.24. The molecule has 1 saturated heterocycles. The van der Waals surface area contributed by atoms with Crippen molar-refractivity contribution >= 4 is 23.0 Å². The van der Waals surface area contributed by atoms with Crippen molar-refractivity contribution in [3.63, 3.8) is 0 Å². The molecule has 0 unspecified atom stereocenters. The van der Waals surface area contributed by atoms with Crippen LogP contribution < -0.4 is 10.2 Å². The van der Waals surface area contributed by atoms with Gasteiger partial charge in [0.05, 0.1) is 11.0 Å². The highest BCUT2D eigenvalue weighted by Crippen LogP contribution is 2.24. The maximum atomic E-state index is 11.2. The lowest BCUT2D eigenvalue weighted by molar-refractivity contribution is -0.124. The predicted octanol–water partition coefficient (Wildman–Crippen LogP) is 3.23. The van der Waals surface area contributed by atoms with Crippen LogP contribution in [0, 0.1) is 0 Å². The normalized spacial score (nSPS) is 14.6. The third-order valence-electron chi connectivity index (χ3n) is 5.32. The number of hydroxylamine groups is 1. The van der Waals surface area contributed by atoms with Crippen molar-refractivity contribution in [3.05, 3.63) is 65.7 Å². The predicted molar refractivity (Wildman–Crippen MR) is 115 cm³/mol. The Balaban J connectivity index is 1.59. The number of carbonyl (C=O) groups is 1. The highest BCUT2D eigenvalue weighted by molar-refractivity contribution is 5.91. The number of benzene rings is 2. The Bertz CT molecular complexity index is 1020. The Labute approximate surface area is 175 Å². The fourth-order valence-electron chi connectivity index (χ4n) is 3.73. The zero-order chi connectivity index (χ0) is 20.8. The number of ether oxygens (including phenoxy) is 1.